The second-order valence-corrected chi connectivity index (χ2v) is 4.92. The molecule has 0 radical (unpaired) electrons. The molecule has 82 valence electrons. The highest BCUT2D eigenvalue weighted by Crippen LogP contribution is 2.27. The Morgan fingerprint density at radius 2 is 2.20 bits per heavy atom. The fraction of sp³-hybridized carbons (Fsp3) is 0.500. The van der Waals surface area contributed by atoms with Gasteiger partial charge in [0.2, 0.25) is 0 Å². The maximum absolute atomic E-state index is 9.64. The molecule has 0 heterocycles. The van der Waals surface area contributed by atoms with Crippen LogP contribution >= 0.6 is 15.9 Å². The molecule has 2 rings (SSSR count). The SMILES string of the molecule is Cc1cc(O[C@@H]2CCC[C@H]2O)ccc1Br. The molecule has 1 saturated carbocycles. The minimum absolute atomic E-state index is 0.0226. The van der Waals surface area contributed by atoms with Crippen LogP contribution in [0.4, 0.5) is 0 Å². The van der Waals surface area contributed by atoms with Gasteiger partial charge in [0.15, 0.2) is 0 Å². The molecular weight excluding hydrogens is 256 g/mol. The minimum Gasteiger partial charge on any atom is -0.488 e. The Morgan fingerprint density at radius 1 is 1.40 bits per heavy atom. The van der Waals surface area contributed by atoms with Crippen LogP contribution in [0.25, 0.3) is 0 Å². The second kappa shape index (κ2) is 4.54. The molecule has 1 aromatic rings. The molecule has 0 saturated heterocycles. The second-order valence-electron chi connectivity index (χ2n) is 4.07. The molecule has 1 aliphatic carbocycles. The Kier molecular flexibility index (Phi) is 3.32. The highest BCUT2D eigenvalue weighted by Gasteiger charge is 2.26. The van der Waals surface area contributed by atoms with E-state index in [0.717, 1.165) is 35.0 Å². The van der Waals surface area contributed by atoms with E-state index in [4.69, 9.17) is 4.74 Å². The van der Waals surface area contributed by atoms with Crippen molar-refractivity contribution in [3.63, 3.8) is 0 Å². The Morgan fingerprint density at radius 3 is 2.80 bits per heavy atom. The number of aliphatic hydroxyl groups is 1. The predicted octanol–water partition coefficient (Wildman–Crippen LogP) is 3.05. The van der Waals surface area contributed by atoms with Gasteiger partial charge in [0.1, 0.15) is 11.9 Å². The summed E-state index contributed by atoms with van der Waals surface area (Å²) in [5, 5.41) is 9.64. The van der Waals surface area contributed by atoms with Crippen molar-refractivity contribution >= 4 is 15.9 Å². The highest BCUT2D eigenvalue weighted by molar-refractivity contribution is 9.10. The van der Waals surface area contributed by atoms with E-state index in [1.54, 1.807) is 0 Å². The van der Waals surface area contributed by atoms with Crippen LogP contribution in [0.1, 0.15) is 24.8 Å². The predicted molar refractivity (Wildman–Crippen MR) is 63.2 cm³/mol. The molecule has 0 spiro atoms. The minimum atomic E-state index is -0.297. The van der Waals surface area contributed by atoms with Crippen LogP contribution in [0.3, 0.4) is 0 Å². The molecule has 1 aliphatic rings. The monoisotopic (exact) mass is 270 g/mol. The van der Waals surface area contributed by atoms with Crippen molar-refractivity contribution in [3.05, 3.63) is 28.2 Å². The van der Waals surface area contributed by atoms with Gasteiger partial charge in [-0.25, -0.2) is 0 Å². The summed E-state index contributed by atoms with van der Waals surface area (Å²) in [5.41, 5.74) is 1.15. The largest absolute Gasteiger partial charge is 0.488 e. The zero-order valence-corrected chi connectivity index (χ0v) is 10.3. The van der Waals surface area contributed by atoms with E-state index in [9.17, 15) is 5.11 Å². The number of aryl methyl sites for hydroxylation is 1. The molecule has 1 aromatic carbocycles. The molecule has 1 N–H and O–H groups in total. The Bertz CT molecular complexity index is 351. The molecule has 15 heavy (non-hydrogen) atoms. The molecule has 2 nitrogen and oxygen atoms in total. The Labute approximate surface area is 98.4 Å². The first kappa shape index (κ1) is 11.0. The smallest absolute Gasteiger partial charge is 0.124 e. The zero-order valence-electron chi connectivity index (χ0n) is 8.74. The maximum atomic E-state index is 9.64. The van der Waals surface area contributed by atoms with E-state index in [1.165, 1.54) is 0 Å². The third-order valence-electron chi connectivity index (χ3n) is 2.83. The van der Waals surface area contributed by atoms with Crippen LogP contribution in [-0.2, 0) is 0 Å². The molecular formula is C12H15BrO2. The number of hydrogen-bond donors (Lipinski definition) is 1. The van der Waals surface area contributed by atoms with Gasteiger partial charge in [0, 0.05) is 4.47 Å². The van der Waals surface area contributed by atoms with E-state index in [2.05, 4.69) is 15.9 Å². The number of benzene rings is 1. The number of aliphatic hydroxyl groups excluding tert-OH is 1. The quantitative estimate of drug-likeness (QED) is 0.895. The van der Waals surface area contributed by atoms with Crippen molar-refractivity contribution in [2.75, 3.05) is 0 Å². The van der Waals surface area contributed by atoms with Gasteiger partial charge in [-0.05, 0) is 49.9 Å². The zero-order chi connectivity index (χ0) is 10.8. The summed E-state index contributed by atoms with van der Waals surface area (Å²) in [6.07, 6.45) is 2.55. The lowest BCUT2D eigenvalue weighted by Crippen LogP contribution is -2.25. The van der Waals surface area contributed by atoms with Gasteiger partial charge in [-0.2, -0.15) is 0 Å². The summed E-state index contributed by atoms with van der Waals surface area (Å²) in [6.45, 7) is 2.03. The van der Waals surface area contributed by atoms with Crippen LogP contribution < -0.4 is 4.74 Å². The van der Waals surface area contributed by atoms with E-state index >= 15 is 0 Å². The van der Waals surface area contributed by atoms with E-state index in [1.807, 2.05) is 25.1 Å². The van der Waals surface area contributed by atoms with Gasteiger partial charge in [-0.15, -0.1) is 0 Å². The van der Waals surface area contributed by atoms with Gasteiger partial charge in [-0.3, -0.25) is 0 Å². The normalized spacial score (nSPS) is 25.5. The van der Waals surface area contributed by atoms with Crippen molar-refractivity contribution in [3.8, 4) is 5.75 Å². The van der Waals surface area contributed by atoms with Gasteiger partial charge in [0.05, 0.1) is 6.10 Å². The third kappa shape index (κ3) is 2.52. The maximum Gasteiger partial charge on any atom is 0.124 e. The van der Waals surface area contributed by atoms with E-state index < -0.39 is 0 Å². The van der Waals surface area contributed by atoms with Crippen molar-refractivity contribution in [2.45, 2.75) is 38.4 Å². The molecule has 3 heteroatoms. The van der Waals surface area contributed by atoms with E-state index in [0.29, 0.717) is 0 Å². The molecule has 0 aromatic heterocycles. The van der Waals surface area contributed by atoms with Crippen molar-refractivity contribution in [2.24, 2.45) is 0 Å². The average molecular weight is 271 g/mol. The van der Waals surface area contributed by atoms with Crippen LogP contribution in [0.5, 0.6) is 5.75 Å². The number of ether oxygens (including phenoxy) is 1. The van der Waals surface area contributed by atoms with Gasteiger partial charge in [-0.1, -0.05) is 15.9 Å². The number of halogens is 1. The third-order valence-corrected chi connectivity index (χ3v) is 3.72. The topological polar surface area (TPSA) is 29.5 Å². The lowest BCUT2D eigenvalue weighted by molar-refractivity contribution is 0.0603. The first-order chi connectivity index (χ1) is 7.16. The number of rotatable bonds is 2. The summed E-state index contributed by atoms with van der Waals surface area (Å²) < 4.78 is 6.84. The van der Waals surface area contributed by atoms with Crippen LogP contribution in [0.15, 0.2) is 22.7 Å². The summed E-state index contributed by atoms with van der Waals surface area (Å²) in [6, 6.07) is 5.91. The molecule has 0 bridgehead atoms. The van der Waals surface area contributed by atoms with Gasteiger partial charge >= 0.3 is 0 Å². The first-order valence-electron chi connectivity index (χ1n) is 5.27. The fourth-order valence-corrected chi connectivity index (χ4v) is 2.16. The Hall–Kier alpha value is -0.540. The van der Waals surface area contributed by atoms with Crippen LogP contribution in [0, 0.1) is 6.92 Å². The van der Waals surface area contributed by atoms with Crippen molar-refractivity contribution in [1.29, 1.82) is 0 Å². The molecule has 2 atom stereocenters. The van der Waals surface area contributed by atoms with Gasteiger partial charge in [0.25, 0.3) is 0 Å². The standard InChI is InChI=1S/C12H15BrO2/c1-8-7-9(5-6-10(8)13)15-12-4-2-3-11(12)14/h5-7,11-12,14H,2-4H2,1H3/t11-,12-/m1/s1. The number of hydrogen-bond acceptors (Lipinski definition) is 2. The molecule has 0 unspecified atom stereocenters. The summed E-state index contributed by atoms with van der Waals surface area (Å²) in [4.78, 5) is 0. The lowest BCUT2D eigenvalue weighted by atomic mass is 10.2. The van der Waals surface area contributed by atoms with Crippen LogP contribution in [-0.4, -0.2) is 17.3 Å². The Balaban J connectivity index is 2.07. The van der Waals surface area contributed by atoms with E-state index in [-0.39, 0.29) is 12.2 Å². The van der Waals surface area contributed by atoms with Crippen LogP contribution in [0.2, 0.25) is 0 Å². The summed E-state index contributed by atoms with van der Waals surface area (Å²) in [5.74, 6) is 0.849. The van der Waals surface area contributed by atoms with Gasteiger partial charge < -0.3 is 9.84 Å². The first-order valence-corrected chi connectivity index (χ1v) is 6.07. The molecule has 1 fully saturated rings. The lowest BCUT2D eigenvalue weighted by Gasteiger charge is -2.17. The van der Waals surface area contributed by atoms with Crippen molar-refractivity contribution in [1.82, 2.24) is 0 Å². The fourth-order valence-electron chi connectivity index (χ4n) is 1.91. The summed E-state index contributed by atoms with van der Waals surface area (Å²) >= 11 is 3.45. The summed E-state index contributed by atoms with van der Waals surface area (Å²) in [7, 11) is 0. The molecule has 0 aliphatic heterocycles. The average Bonchev–Trinajstić information content (AvgIpc) is 2.59. The molecule has 0 amide bonds. The van der Waals surface area contributed by atoms with Crippen molar-refractivity contribution < 1.29 is 9.84 Å². The highest BCUT2D eigenvalue weighted by atomic mass is 79.9.